The average Bonchev–Trinajstić information content (AvgIpc) is 2.17. The maximum Gasteiger partial charge on any atom is 0.0416 e. The number of rotatable bonds is 5. The second kappa shape index (κ2) is 5.95. The van der Waals surface area contributed by atoms with Crippen molar-refractivity contribution in [3.8, 4) is 0 Å². The van der Waals surface area contributed by atoms with Crippen LogP contribution in [0.3, 0.4) is 0 Å². The normalized spacial score (nSPS) is 10.7. The first kappa shape index (κ1) is 10.5. The van der Waals surface area contributed by atoms with Crippen LogP contribution >= 0.6 is 11.6 Å². The van der Waals surface area contributed by atoms with Gasteiger partial charge in [-0.2, -0.15) is 0 Å². The first-order chi connectivity index (χ1) is 6.33. The molecular formula is C10H15ClN2. The highest BCUT2D eigenvalue weighted by molar-refractivity contribution is 6.18. The molecule has 0 unspecified atom stereocenters. The van der Waals surface area contributed by atoms with Crippen molar-refractivity contribution in [3.05, 3.63) is 30.1 Å². The molecule has 0 aliphatic heterocycles. The molecule has 3 heteroatoms. The zero-order valence-electron chi connectivity index (χ0n) is 7.91. The van der Waals surface area contributed by atoms with Crippen molar-refractivity contribution in [2.24, 2.45) is 0 Å². The molecule has 0 aromatic carbocycles. The number of alkyl halides is 1. The van der Waals surface area contributed by atoms with Gasteiger partial charge in [-0.1, -0.05) is 6.07 Å². The maximum atomic E-state index is 5.62. The average molecular weight is 199 g/mol. The van der Waals surface area contributed by atoms with E-state index in [-0.39, 0.29) is 0 Å². The van der Waals surface area contributed by atoms with Gasteiger partial charge in [0.2, 0.25) is 0 Å². The molecule has 0 aliphatic rings. The summed E-state index contributed by atoms with van der Waals surface area (Å²) in [6, 6.07) is 6.00. The van der Waals surface area contributed by atoms with Gasteiger partial charge in [0.25, 0.3) is 0 Å². The van der Waals surface area contributed by atoms with Gasteiger partial charge in [0.05, 0.1) is 0 Å². The Morgan fingerprint density at radius 2 is 2.23 bits per heavy atom. The molecule has 0 fully saturated rings. The minimum Gasteiger partial charge on any atom is -0.305 e. The molecular weight excluding hydrogens is 184 g/mol. The summed E-state index contributed by atoms with van der Waals surface area (Å²) >= 11 is 5.62. The van der Waals surface area contributed by atoms with Crippen molar-refractivity contribution in [1.29, 1.82) is 0 Å². The summed E-state index contributed by atoms with van der Waals surface area (Å²) < 4.78 is 0. The Morgan fingerprint density at radius 3 is 2.85 bits per heavy atom. The molecule has 1 aromatic rings. The Hall–Kier alpha value is -0.600. The van der Waals surface area contributed by atoms with Crippen molar-refractivity contribution >= 4 is 11.6 Å². The Balaban J connectivity index is 2.27. The van der Waals surface area contributed by atoms with Gasteiger partial charge < -0.3 is 4.90 Å². The van der Waals surface area contributed by atoms with Crippen LogP contribution in [0.4, 0.5) is 0 Å². The van der Waals surface area contributed by atoms with Gasteiger partial charge in [0.15, 0.2) is 0 Å². The monoisotopic (exact) mass is 198 g/mol. The summed E-state index contributed by atoms with van der Waals surface area (Å²) in [5.74, 6) is 0.693. The molecule has 0 atom stereocenters. The lowest BCUT2D eigenvalue weighted by atomic mass is 10.2. The standard InChI is InChI=1S/C10H15ClN2/c1-13(9-6-11)8-5-10-4-2-3-7-12-10/h2-4,7H,5-6,8-9H2,1H3. The molecule has 0 radical (unpaired) electrons. The highest BCUT2D eigenvalue weighted by Gasteiger charge is 1.98. The molecule has 0 N–H and O–H groups in total. The zero-order valence-corrected chi connectivity index (χ0v) is 8.67. The summed E-state index contributed by atoms with van der Waals surface area (Å²) in [6.45, 7) is 1.96. The quantitative estimate of drug-likeness (QED) is 0.671. The molecule has 0 amide bonds. The number of halogens is 1. The molecule has 0 aliphatic carbocycles. The topological polar surface area (TPSA) is 16.1 Å². The molecule has 13 heavy (non-hydrogen) atoms. The second-order valence-electron chi connectivity index (χ2n) is 3.06. The highest BCUT2D eigenvalue weighted by atomic mass is 35.5. The van der Waals surface area contributed by atoms with Crippen LogP contribution in [0.25, 0.3) is 0 Å². The molecule has 1 heterocycles. The number of hydrogen-bond acceptors (Lipinski definition) is 2. The Bertz CT molecular complexity index is 226. The summed E-state index contributed by atoms with van der Waals surface area (Å²) in [7, 11) is 2.07. The van der Waals surface area contributed by atoms with E-state index in [4.69, 9.17) is 11.6 Å². The van der Waals surface area contributed by atoms with Crippen LogP contribution in [0.1, 0.15) is 5.69 Å². The third-order valence-corrected chi connectivity index (χ3v) is 2.11. The number of likely N-dealkylation sites (N-methyl/N-ethyl adjacent to an activating group) is 1. The fraction of sp³-hybridized carbons (Fsp3) is 0.500. The Labute approximate surface area is 84.5 Å². The smallest absolute Gasteiger partial charge is 0.0416 e. The van der Waals surface area contributed by atoms with E-state index in [1.54, 1.807) is 0 Å². The van der Waals surface area contributed by atoms with E-state index in [1.807, 2.05) is 18.3 Å². The Kier molecular flexibility index (Phi) is 4.79. The van der Waals surface area contributed by atoms with E-state index in [2.05, 4.69) is 23.0 Å². The summed E-state index contributed by atoms with van der Waals surface area (Å²) in [5.41, 5.74) is 1.14. The van der Waals surface area contributed by atoms with E-state index in [1.165, 1.54) is 0 Å². The molecule has 0 saturated heterocycles. The summed E-state index contributed by atoms with van der Waals surface area (Å²) in [5, 5.41) is 0. The lowest BCUT2D eigenvalue weighted by Crippen LogP contribution is -2.23. The minimum atomic E-state index is 0.693. The van der Waals surface area contributed by atoms with Gasteiger partial charge in [0, 0.05) is 37.3 Å². The molecule has 2 nitrogen and oxygen atoms in total. The van der Waals surface area contributed by atoms with Crippen LogP contribution in [0.2, 0.25) is 0 Å². The first-order valence-corrected chi connectivity index (χ1v) is 5.01. The van der Waals surface area contributed by atoms with E-state index >= 15 is 0 Å². The van der Waals surface area contributed by atoms with E-state index in [0.29, 0.717) is 5.88 Å². The van der Waals surface area contributed by atoms with Crippen LogP contribution in [0.5, 0.6) is 0 Å². The van der Waals surface area contributed by atoms with Gasteiger partial charge >= 0.3 is 0 Å². The van der Waals surface area contributed by atoms with Gasteiger partial charge in [-0.25, -0.2) is 0 Å². The molecule has 0 spiro atoms. The molecule has 1 aromatic heterocycles. The van der Waals surface area contributed by atoms with Gasteiger partial charge in [-0.05, 0) is 19.2 Å². The predicted molar refractivity (Wildman–Crippen MR) is 56.2 cm³/mol. The van der Waals surface area contributed by atoms with Crippen molar-refractivity contribution in [1.82, 2.24) is 9.88 Å². The van der Waals surface area contributed by atoms with Gasteiger partial charge in [0.1, 0.15) is 0 Å². The van der Waals surface area contributed by atoms with Crippen molar-refractivity contribution in [2.75, 3.05) is 26.0 Å². The summed E-state index contributed by atoms with van der Waals surface area (Å²) in [6.07, 6.45) is 2.82. The number of nitrogens with zero attached hydrogens (tertiary/aromatic N) is 2. The molecule has 72 valence electrons. The lowest BCUT2D eigenvalue weighted by Gasteiger charge is -2.13. The maximum absolute atomic E-state index is 5.62. The lowest BCUT2D eigenvalue weighted by molar-refractivity contribution is 0.358. The van der Waals surface area contributed by atoms with Crippen LogP contribution in [-0.2, 0) is 6.42 Å². The highest BCUT2D eigenvalue weighted by Crippen LogP contribution is 1.96. The molecule has 1 rings (SSSR count). The van der Waals surface area contributed by atoms with E-state index in [0.717, 1.165) is 25.2 Å². The van der Waals surface area contributed by atoms with Gasteiger partial charge in [-0.15, -0.1) is 11.6 Å². The van der Waals surface area contributed by atoms with Crippen molar-refractivity contribution in [3.63, 3.8) is 0 Å². The number of aromatic nitrogens is 1. The van der Waals surface area contributed by atoms with Crippen molar-refractivity contribution < 1.29 is 0 Å². The molecule has 0 saturated carbocycles. The number of hydrogen-bond donors (Lipinski definition) is 0. The number of pyridine rings is 1. The fourth-order valence-electron chi connectivity index (χ4n) is 1.11. The summed E-state index contributed by atoms with van der Waals surface area (Å²) in [4.78, 5) is 6.46. The van der Waals surface area contributed by atoms with Crippen LogP contribution in [0.15, 0.2) is 24.4 Å². The Morgan fingerprint density at radius 1 is 1.38 bits per heavy atom. The zero-order chi connectivity index (χ0) is 9.52. The van der Waals surface area contributed by atoms with Crippen LogP contribution < -0.4 is 0 Å². The minimum absolute atomic E-state index is 0.693. The first-order valence-electron chi connectivity index (χ1n) is 4.47. The SMILES string of the molecule is CN(CCCl)CCc1ccccn1. The fourth-order valence-corrected chi connectivity index (χ4v) is 1.40. The van der Waals surface area contributed by atoms with E-state index in [9.17, 15) is 0 Å². The third-order valence-electron chi connectivity index (χ3n) is 1.94. The predicted octanol–water partition coefficient (Wildman–Crippen LogP) is 1.79. The largest absolute Gasteiger partial charge is 0.305 e. The van der Waals surface area contributed by atoms with Crippen molar-refractivity contribution in [2.45, 2.75) is 6.42 Å². The third kappa shape index (κ3) is 4.25. The molecule has 0 bridgehead atoms. The van der Waals surface area contributed by atoms with Crippen LogP contribution in [-0.4, -0.2) is 35.9 Å². The van der Waals surface area contributed by atoms with E-state index < -0.39 is 0 Å². The van der Waals surface area contributed by atoms with Crippen LogP contribution in [0, 0.1) is 0 Å². The van der Waals surface area contributed by atoms with Gasteiger partial charge in [-0.3, -0.25) is 4.98 Å². The second-order valence-corrected chi connectivity index (χ2v) is 3.44.